The lowest BCUT2D eigenvalue weighted by Gasteiger charge is -2.33. The average molecular weight is 457 g/mol. The minimum absolute atomic E-state index is 0.0130. The van der Waals surface area contributed by atoms with Crippen molar-refractivity contribution in [2.45, 2.75) is 31.3 Å². The van der Waals surface area contributed by atoms with Crippen LogP contribution in [0, 0.1) is 12.3 Å². The van der Waals surface area contributed by atoms with Gasteiger partial charge in [-0.05, 0) is 29.3 Å². The van der Waals surface area contributed by atoms with Gasteiger partial charge < -0.3 is 14.4 Å². The van der Waals surface area contributed by atoms with Crippen LogP contribution in [0.5, 0.6) is 0 Å². The molecule has 0 aromatic heterocycles. The summed E-state index contributed by atoms with van der Waals surface area (Å²) < 4.78 is 89.4. The zero-order valence-corrected chi connectivity index (χ0v) is 16.4. The third-order valence-corrected chi connectivity index (χ3v) is 4.68. The molecule has 2 atom stereocenters. The first kappa shape index (κ1) is 23.6. The Labute approximate surface area is 179 Å². The lowest BCUT2D eigenvalue weighted by atomic mass is 10.0. The van der Waals surface area contributed by atoms with Crippen LogP contribution in [0.2, 0.25) is 0 Å². The van der Waals surface area contributed by atoms with Gasteiger partial charge in [0.25, 0.3) is 5.91 Å². The highest BCUT2D eigenvalue weighted by molar-refractivity contribution is 5.80. The maximum atomic E-state index is 13.1. The normalized spacial score (nSPS) is 18.3. The third-order valence-electron chi connectivity index (χ3n) is 4.68. The Balaban J connectivity index is 1.84. The van der Waals surface area contributed by atoms with Crippen molar-refractivity contribution in [3.63, 3.8) is 0 Å². The molecule has 2 aromatic rings. The fraction of sp³-hybridized carbons (Fsp3) is 0.318. The molecular weight excluding hydrogens is 440 g/mol. The highest BCUT2D eigenvalue weighted by Gasteiger charge is 2.38. The monoisotopic (exact) mass is 457 g/mol. The minimum Gasteiger partial charge on any atom is -0.343 e. The van der Waals surface area contributed by atoms with Crippen LogP contribution < -0.4 is 0 Å². The standard InChI is InChI=1S/C22H17F6NO3/c1-2-18(15-10-16(21(23,24)25)12-17(11-15)22(26,27)28)32-20-19(30)29(8-9-31-20)13-14-6-4-3-5-7-14/h1,3-7,10-12,18,20H,8-9,13H2/t18-,20-/m1/s1. The number of alkyl halides is 6. The van der Waals surface area contributed by atoms with E-state index in [0.29, 0.717) is 12.1 Å². The van der Waals surface area contributed by atoms with Crippen LogP contribution in [-0.2, 0) is 33.2 Å². The number of benzene rings is 2. The second kappa shape index (κ2) is 9.22. The molecule has 1 aliphatic heterocycles. The first-order valence-corrected chi connectivity index (χ1v) is 9.34. The molecule has 1 fully saturated rings. The highest BCUT2D eigenvalue weighted by atomic mass is 19.4. The molecule has 1 saturated heterocycles. The summed E-state index contributed by atoms with van der Waals surface area (Å²) in [5.74, 6) is 1.36. The van der Waals surface area contributed by atoms with Crippen molar-refractivity contribution in [2.24, 2.45) is 0 Å². The molecule has 0 aliphatic carbocycles. The Morgan fingerprint density at radius 1 is 1.06 bits per heavy atom. The molecule has 0 spiro atoms. The molecule has 0 radical (unpaired) electrons. The third kappa shape index (κ3) is 5.60. The van der Waals surface area contributed by atoms with Gasteiger partial charge in [-0.1, -0.05) is 36.3 Å². The fourth-order valence-electron chi connectivity index (χ4n) is 3.13. The molecule has 170 valence electrons. The van der Waals surface area contributed by atoms with E-state index in [-0.39, 0.29) is 25.8 Å². The highest BCUT2D eigenvalue weighted by Crippen LogP contribution is 2.38. The van der Waals surface area contributed by atoms with E-state index in [4.69, 9.17) is 15.9 Å². The second-order valence-electron chi connectivity index (χ2n) is 6.97. The number of hydrogen-bond donors (Lipinski definition) is 0. The zero-order valence-electron chi connectivity index (χ0n) is 16.4. The summed E-state index contributed by atoms with van der Waals surface area (Å²) in [5, 5.41) is 0. The van der Waals surface area contributed by atoms with E-state index in [1.54, 1.807) is 30.3 Å². The van der Waals surface area contributed by atoms with Crippen molar-refractivity contribution in [3.8, 4) is 12.3 Å². The number of halogens is 6. The van der Waals surface area contributed by atoms with Gasteiger partial charge in [-0.3, -0.25) is 4.79 Å². The fourth-order valence-corrected chi connectivity index (χ4v) is 3.13. The van der Waals surface area contributed by atoms with Crippen LogP contribution in [0.1, 0.15) is 28.4 Å². The Kier molecular flexibility index (Phi) is 6.81. The molecule has 0 unspecified atom stereocenters. The quantitative estimate of drug-likeness (QED) is 0.478. The van der Waals surface area contributed by atoms with Crippen molar-refractivity contribution in [1.29, 1.82) is 0 Å². The van der Waals surface area contributed by atoms with Gasteiger partial charge >= 0.3 is 12.4 Å². The van der Waals surface area contributed by atoms with E-state index in [9.17, 15) is 31.1 Å². The molecule has 0 saturated carbocycles. The van der Waals surface area contributed by atoms with E-state index in [2.05, 4.69) is 0 Å². The summed E-state index contributed by atoms with van der Waals surface area (Å²) in [4.78, 5) is 14.1. The number of carbonyl (C=O) groups excluding carboxylic acids is 1. The van der Waals surface area contributed by atoms with Gasteiger partial charge in [-0.2, -0.15) is 26.3 Å². The number of carbonyl (C=O) groups is 1. The summed E-state index contributed by atoms with van der Waals surface area (Å²) in [6.07, 6.45) is -8.01. The average Bonchev–Trinajstić information content (AvgIpc) is 2.73. The van der Waals surface area contributed by atoms with E-state index < -0.39 is 47.3 Å². The van der Waals surface area contributed by atoms with Crippen LogP contribution >= 0.6 is 0 Å². The Morgan fingerprint density at radius 3 is 2.19 bits per heavy atom. The van der Waals surface area contributed by atoms with E-state index in [1.165, 1.54) is 4.90 Å². The van der Waals surface area contributed by atoms with Crippen LogP contribution in [0.3, 0.4) is 0 Å². The number of hydrogen-bond acceptors (Lipinski definition) is 3. The molecule has 3 rings (SSSR count). The van der Waals surface area contributed by atoms with Crippen molar-refractivity contribution < 1.29 is 40.6 Å². The first-order chi connectivity index (χ1) is 15.0. The Hall–Kier alpha value is -3.03. The van der Waals surface area contributed by atoms with Gasteiger partial charge in [-0.25, -0.2) is 0 Å². The maximum absolute atomic E-state index is 13.1. The number of morpholine rings is 1. The van der Waals surface area contributed by atoms with Gasteiger partial charge in [0.05, 0.1) is 17.7 Å². The topological polar surface area (TPSA) is 38.8 Å². The Bertz CT molecular complexity index is 965. The number of ether oxygens (including phenoxy) is 2. The minimum atomic E-state index is -5.04. The molecule has 2 aromatic carbocycles. The van der Waals surface area contributed by atoms with Crippen LogP contribution in [0.4, 0.5) is 26.3 Å². The van der Waals surface area contributed by atoms with Gasteiger partial charge in [0, 0.05) is 13.1 Å². The van der Waals surface area contributed by atoms with Crippen LogP contribution in [0.15, 0.2) is 48.5 Å². The molecule has 1 heterocycles. The Morgan fingerprint density at radius 2 is 1.66 bits per heavy atom. The summed E-state index contributed by atoms with van der Waals surface area (Å²) in [5.41, 5.74) is -2.81. The smallest absolute Gasteiger partial charge is 0.343 e. The van der Waals surface area contributed by atoms with Gasteiger partial charge in [0.2, 0.25) is 6.29 Å². The van der Waals surface area contributed by atoms with Gasteiger partial charge in [0.15, 0.2) is 0 Å². The lowest BCUT2D eigenvalue weighted by molar-refractivity contribution is -0.205. The van der Waals surface area contributed by atoms with Crippen molar-refractivity contribution in [2.75, 3.05) is 13.2 Å². The SMILES string of the molecule is C#C[C@@H](O[C@H]1OCCN(Cc2ccccc2)C1=O)c1cc(C(F)(F)F)cc(C(F)(F)F)c1. The van der Waals surface area contributed by atoms with Gasteiger partial charge in [0.1, 0.15) is 6.10 Å². The van der Waals surface area contributed by atoms with Crippen molar-refractivity contribution >= 4 is 5.91 Å². The molecule has 4 nitrogen and oxygen atoms in total. The van der Waals surface area contributed by atoms with Crippen molar-refractivity contribution in [3.05, 3.63) is 70.8 Å². The van der Waals surface area contributed by atoms with Crippen molar-refractivity contribution in [1.82, 2.24) is 4.90 Å². The molecule has 0 bridgehead atoms. The van der Waals surface area contributed by atoms with Crippen LogP contribution in [-0.4, -0.2) is 30.2 Å². The van der Waals surface area contributed by atoms with Crippen LogP contribution in [0.25, 0.3) is 0 Å². The molecular formula is C22H17F6NO3. The molecule has 0 N–H and O–H groups in total. The van der Waals surface area contributed by atoms with E-state index in [0.717, 1.165) is 5.56 Å². The number of terminal acetylenes is 1. The first-order valence-electron chi connectivity index (χ1n) is 9.34. The summed E-state index contributed by atoms with van der Waals surface area (Å²) in [6, 6.07) is 9.89. The predicted molar refractivity (Wildman–Crippen MR) is 101 cm³/mol. The summed E-state index contributed by atoms with van der Waals surface area (Å²) in [6.45, 7) is 0.512. The van der Waals surface area contributed by atoms with E-state index >= 15 is 0 Å². The maximum Gasteiger partial charge on any atom is 0.416 e. The number of amides is 1. The van der Waals surface area contributed by atoms with Gasteiger partial charge in [-0.15, -0.1) is 6.42 Å². The largest absolute Gasteiger partial charge is 0.416 e. The molecule has 32 heavy (non-hydrogen) atoms. The number of rotatable bonds is 5. The number of nitrogens with zero attached hydrogens (tertiary/aromatic N) is 1. The zero-order chi connectivity index (χ0) is 23.5. The van der Waals surface area contributed by atoms with E-state index in [1.807, 2.05) is 5.92 Å². The summed E-state index contributed by atoms with van der Waals surface area (Å²) >= 11 is 0. The second-order valence-corrected chi connectivity index (χ2v) is 6.97. The molecule has 10 heteroatoms. The molecule has 1 aliphatic rings. The summed E-state index contributed by atoms with van der Waals surface area (Å²) in [7, 11) is 0. The molecule has 1 amide bonds. The lowest BCUT2D eigenvalue weighted by Crippen LogP contribution is -2.48. The predicted octanol–water partition coefficient (Wildman–Crippen LogP) is 4.80.